The third kappa shape index (κ3) is 9.32. The fourth-order valence-electron chi connectivity index (χ4n) is 1.78. The van der Waals surface area contributed by atoms with Gasteiger partial charge in [0.1, 0.15) is 0 Å². The van der Waals surface area contributed by atoms with Crippen LogP contribution in [0.3, 0.4) is 0 Å². The van der Waals surface area contributed by atoms with Gasteiger partial charge in [0.15, 0.2) is 0 Å². The average Bonchev–Trinajstić information content (AvgIpc) is 2.50. The fourth-order valence-corrected chi connectivity index (χ4v) is 2.45. The summed E-state index contributed by atoms with van der Waals surface area (Å²) in [5, 5.41) is 7.70. The summed E-state index contributed by atoms with van der Waals surface area (Å²) in [4.78, 5) is 26.0. The van der Waals surface area contributed by atoms with E-state index in [2.05, 4.69) is 11.6 Å². The molecule has 0 saturated heterocycles. The Morgan fingerprint density at radius 2 is 1.70 bits per heavy atom. The van der Waals surface area contributed by atoms with Crippen LogP contribution in [0.5, 0.6) is 0 Å². The van der Waals surface area contributed by atoms with Crippen molar-refractivity contribution in [1.82, 2.24) is 14.5 Å². The van der Waals surface area contributed by atoms with E-state index in [1.807, 2.05) is 0 Å². The Labute approximate surface area is 143 Å². The Morgan fingerprint density at radius 3 is 2.26 bits per heavy atom. The fraction of sp³-hybridized carbons (Fsp3) is 0.800. The first-order valence-corrected chi connectivity index (χ1v) is 9.08. The maximum Gasteiger partial charge on any atom is 0.343 e. The van der Waals surface area contributed by atoms with Crippen molar-refractivity contribution in [3.63, 3.8) is 0 Å². The molecular formula is C15H30N4O3S. The summed E-state index contributed by atoms with van der Waals surface area (Å²) in [7, 11) is 3.04. The number of carbonyl (C=O) groups is 2. The van der Waals surface area contributed by atoms with Gasteiger partial charge in [-0.15, -0.1) is 0 Å². The number of nitrogens with zero attached hydrogens (tertiary/aromatic N) is 2. The van der Waals surface area contributed by atoms with Crippen LogP contribution < -0.4 is 4.72 Å². The zero-order valence-corrected chi connectivity index (χ0v) is 15.5. The average molecular weight is 346 g/mol. The molecule has 0 aromatic rings. The number of ether oxygens (including phenoxy) is 1. The number of amidine groups is 1. The molecule has 0 aliphatic heterocycles. The molecule has 0 bridgehead atoms. The molecule has 2 N–H and O–H groups in total. The van der Waals surface area contributed by atoms with Crippen molar-refractivity contribution in [2.45, 2.75) is 52.4 Å². The van der Waals surface area contributed by atoms with E-state index in [0.717, 1.165) is 18.6 Å². The van der Waals surface area contributed by atoms with Crippen molar-refractivity contribution in [2.24, 2.45) is 0 Å². The monoisotopic (exact) mass is 346 g/mol. The number of imide groups is 1. The highest BCUT2D eigenvalue weighted by atomic mass is 32.2. The van der Waals surface area contributed by atoms with Gasteiger partial charge in [-0.05, 0) is 25.3 Å². The quantitative estimate of drug-likeness (QED) is 0.289. The molecule has 134 valence electrons. The lowest BCUT2D eigenvalue weighted by molar-refractivity contribution is 0.175. The summed E-state index contributed by atoms with van der Waals surface area (Å²) in [6.45, 7) is 4.10. The van der Waals surface area contributed by atoms with Gasteiger partial charge in [0.2, 0.25) is 0 Å². The van der Waals surface area contributed by atoms with Gasteiger partial charge < -0.3 is 9.64 Å². The molecule has 0 unspecified atom stereocenters. The Hall–Kier alpha value is -1.44. The van der Waals surface area contributed by atoms with Crippen LogP contribution in [-0.2, 0) is 4.74 Å². The van der Waals surface area contributed by atoms with Gasteiger partial charge in [0.25, 0.3) is 0 Å². The minimum absolute atomic E-state index is 0.216. The topological polar surface area (TPSA) is 85.7 Å². The van der Waals surface area contributed by atoms with Crippen LogP contribution in [0, 0.1) is 5.41 Å². The standard InChI is InChI=1S/C15H30N4O3S/c1-5-7-8-9-10-11-12-23-17-14(20)19(13(16)22-6-2)15(21)18(3)4/h16H,5-12H2,1-4H3,(H,17,20). The molecule has 0 atom stereocenters. The second-order valence-electron chi connectivity index (χ2n) is 5.27. The lowest BCUT2D eigenvalue weighted by Gasteiger charge is -2.23. The third-order valence-corrected chi connectivity index (χ3v) is 3.83. The molecule has 0 aromatic heterocycles. The Bertz CT molecular complexity index is 378. The number of amides is 4. The number of rotatable bonds is 9. The van der Waals surface area contributed by atoms with Gasteiger partial charge in [0, 0.05) is 19.8 Å². The first-order valence-electron chi connectivity index (χ1n) is 8.10. The zero-order valence-electron chi connectivity index (χ0n) is 14.7. The van der Waals surface area contributed by atoms with E-state index in [0.29, 0.717) is 4.90 Å². The van der Waals surface area contributed by atoms with Gasteiger partial charge in [-0.25, -0.2) is 9.59 Å². The Morgan fingerprint density at radius 1 is 1.09 bits per heavy atom. The molecule has 23 heavy (non-hydrogen) atoms. The second-order valence-corrected chi connectivity index (χ2v) is 6.18. The summed E-state index contributed by atoms with van der Waals surface area (Å²) in [5.41, 5.74) is 0. The third-order valence-electron chi connectivity index (χ3n) is 3.02. The second kappa shape index (κ2) is 13.0. The minimum atomic E-state index is -0.655. The normalized spacial score (nSPS) is 10.1. The Kier molecular flexibility index (Phi) is 12.2. The van der Waals surface area contributed by atoms with E-state index in [-0.39, 0.29) is 6.61 Å². The van der Waals surface area contributed by atoms with Crippen molar-refractivity contribution >= 4 is 30.0 Å². The van der Waals surface area contributed by atoms with Gasteiger partial charge in [-0.2, -0.15) is 4.90 Å². The molecular weight excluding hydrogens is 316 g/mol. The van der Waals surface area contributed by atoms with Gasteiger partial charge in [-0.3, -0.25) is 10.1 Å². The highest BCUT2D eigenvalue weighted by Crippen LogP contribution is 2.09. The SMILES string of the molecule is CCCCCCCCSNC(=O)N(C(=N)OCC)C(=O)N(C)C. The van der Waals surface area contributed by atoms with Crippen LogP contribution in [0.1, 0.15) is 52.4 Å². The molecule has 0 spiro atoms. The van der Waals surface area contributed by atoms with Crippen molar-refractivity contribution < 1.29 is 14.3 Å². The van der Waals surface area contributed by atoms with Gasteiger partial charge in [0.05, 0.1) is 6.61 Å². The maximum absolute atomic E-state index is 12.1. The summed E-state index contributed by atoms with van der Waals surface area (Å²) in [6.07, 6.45) is 7.11. The van der Waals surface area contributed by atoms with Crippen molar-refractivity contribution in [1.29, 1.82) is 5.41 Å². The molecule has 0 saturated carbocycles. The molecule has 0 fully saturated rings. The molecule has 4 amide bonds. The number of hydrogen-bond acceptors (Lipinski definition) is 5. The molecule has 0 rings (SSSR count). The number of unbranched alkanes of at least 4 members (excludes halogenated alkanes) is 5. The summed E-state index contributed by atoms with van der Waals surface area (Å²) >= 11 is 1.25. The molecule has 0 aromatic carbocycles. The van der Waals surface area contributed by atoms with Crippen LogP contribution in [0.4, 0.5) is 9.59 Å². The van der Waals surface area contributed by atoms with Crippen molar-refractivity contribution in [2.75, 3.05) is 26.5 Å². The van der Waals surface area contributed by atoms with E-state index >= 15 is 0 Å². The summed E-state index contributed by atoms with van der Waals surface area (Å²) in [5.74, 6) is 0.782. The van der Waals surface area contributed by atoms with E-state index in [1.165, 1.54) is 56.6 Å². The molecule has 0 heterocycles. The van der Waals surface area contributed by atoms with Crippen molar-refractivity contribution in [3.05, 3.63) is 0 Å². The number of carbonyl (C=O) groups excluding carboxylic acids is 2. The molecule has 0 aliphatic rings. The highest BCUT2D eigenvalue weighted by Gasteiger charge is 2.28. The van der Waals surface area contributed by atoms with Crippen LogP contribution in [0.25, 0.3) is 0 Å². The molecule has 7 nitrogen and oxygen atoms in total. The van der Waals surface area contributed by atoms with Crippen LogP contribution in [0.2, 0.25) is 0 Å². The molecule has 8 heteroatoms. The lowest BCUT2D eigenvalue weighted by atomic mass is 10.1. The van der Waals surface area contributed by atoms with Crippen LogP contribution >= 0.6 is 11.9 Å². The zero-order chi connectivity index (χ0) is 17.7. The Balaban J connectivity index is 4.19. The van der Waals surface area contributed by atoms with Gasteiger partial charge >= 0.3 is 18.1 Å². The number of nitrogens with one attached hydrogen (secondary N) is 2. The first kappa shape index (κ1) is 21.6. The highest BCUT2D eigenvalue weighted by molar-refractivity contribution is 7.97. The van der Waals surface area contributed by atoms with E-state index < -0.39 is 18.1 Å². The van der Waals surface area contributed by atoms with Crippen LogP contribution in [0.15, 0.2) is 0 Å². The summed E-state index contributed by atoms with van der Waals surface area (Å²) < 4.78 is 7.57. The van der Waals surface area contributed by atoms with Gasteiger partial charge in [-0.1, -0.05) is 39.0 Å². The smallest absolute Gasteiger partial charge is 0.343 e. The molecule has 0 radical (unpaired) electrons. The van der Waals surface area contributed by atoms with Crippen molar-refractivity contribution in [3.8, 4) is 0 Å². The van der Waals surface area contributed by atoms with E-state index in [9.17, 15) is 9.59 Å². The molecule has 0 aliphatic carbocycles. The van der Waals surface area contributed by atoms with E-state index in [1.54, 1.807) is 6.92 Å². The summed E-state index contributed by atoms with van der Waals surface area (Å²) in [6, 6.07) is -1.73. The number of hydrogen-bond donors (Lipinski definition) is 2. The first-order chi connectivity index (χ1) is 11.0. The lowest BCUT2D eigenvalue weighted by Crippen LogP contribution is -2.50. The van der Waals surface area contributed by atoms with E-state index in [4.69, 9.17) is 10.1 Å². The minimum Gasteiger partial charge on any atom is -0.465 e. The maximum atomic E-state index is 12.1. The largest absolute Gasteiger partial charge is 0.465 e. The predicted octanol–water partition coefficient (Wildman–Crippen LogP) is 3.66. The number of urea groups is 2. The predicted molar refractivity (Wildman–Crippen MR) is 94.6 cm³/mol. The van der Waals surface area contributed by atoms with Crippen LogP contribution in [-0.4, -0.2) is 54.3 Å².